The number of fused-ring (bicyclic) bond motifs is 1. The van der Waals surface area contributed by atoms with Gasteiger partial charge in [-0.25, -0.2) is 0 Å². The molecule has 0 saturated carbocycles. The Morgan fingerprint density at radius 1 is 0.842 bits per heavy atom. The number of benzene rings is 2. The quantitative estimate of drug-likeness (QED) is 0.777. The Bertz CT molecular complexity index is 604. The fraction of sp³-hybridized carbons (Fsp3) is 0.235. The summed E-state index contributed by atoms with van der Waals surface area (Å²) in [7, 11) is 0. The first kappa shape index (κ1) is 10.9. The average Bonchev–Trinajstić information content (AvgIpc) is 3.23. The molecule has 4 rings (SSSR count). The van der Waals surface area contributed by atoms with E-state index in [9.17, 15) is 0 Å². The molecule has 2 aliphatic rings. The number of quaternary nitrogens is 1. The molecular weight excluding hydrogens is 232 g/mol. The third-order valence-electron chi connectivity index (χ3n) is 4.23. The zero-order chi connectivity index (χ0) is 12.7. The molecule has 94 valence electrons. The van der Waals surface area contributed by atoms with Gasteiger partial charge in [0.15, 0.2) is 12.1 Å². The molecular formula is C17H17N2+. The van der Waals surface area contributed by atoms with Crippen LogP contribution in [-0.4, -0.2) is 24.8 Å². The molecule has 1 N–H and O–H groups in total. The van der Waals surface area contributed by atoms with Gasteiger partial charge in [0.25, 0.3) is 0 Å². The summed E-state index contributed by atoms with van der Waals surface area (Å²) in [5, 5.41) is 0. The van der Waals surface area contributed by atoms with E-state index in [2.05, 4.69) is 60.7 Å². The highest BCUT2D eigenvalue weighted by Crippen LogP contribution is 2.27. The van der Waals surface area contributed by atoms with Gasteiger partial charge in [-0.1, -0.05) is 60.7 Å². The molecule has 2 aliphatic heterocycles. The number of aliphatic imine (C=N–C) groups is 1. The number of hydrogen-bond acceptors (Lipinski definition) is 1. The van der Waals surface area contributed by atoms with Crippen molar-refractivity contribution in [1.29, 1.82) is 0 Å². The molecule has 0 radical (unpaired) electrons. The topological polar surface area (TPSA) is 16.8 Å². The van der Waals surface area contributed by atoms with Gasteiger partial charge in [-0.15, -0.1) is 0 Å². The van der Waals surface area contributed by atoms with E-state index in [0.29, 0.717) is 12.1 Å². The lowest BCUT2D eigenvalue weighted by Gasteiger charge is -2.08. The third kappa shape index (κ3) is 1.80. The predicted molar refractivity (Wildman–Crippen MR) is 76.6 cm³/mol. The van der Waals surface area contributed by atoms with Gasteiger partial charge in [-0.2, -0.15) is 0 Å². The van der Waals surface area contributed by atoms with E-state index < -0.39 is 0 Å². The van der Waals surface area contributed by atoms with Crippen molar-refractivity contribution in [2.75, 3.05) is 13.1 Å². The molecule has 2 nitrogen and oxygen atoms in total. The first-order valence-corrected chi connectivity index (χ1v) is 6.95. The highest BCUT2D eigenvalue weighted by molar-refractivity contribution is 6.05. The van der Waals surface area contributed by atoms with Gasteiger partial charge in [0.05, 0.1) is 13.1 Å². The molecule has 0 aromatic heterocycles. The molecule has 0 aliphatic carbocycles. The Hall–Kier alpha value is -1.93. The molecule has 2 aromatic carbocycles. The minimum atomic E-state index is 0.568. The predicted octanol–water partition coefficient (Wildman–Crippen LogP) is 1.50. The van der Waals surface area contributed by atoms with Crippen LogP contribution in [0.4, 0.5) is 0 Å². The lowest BCUT2D eigenvalue weighted by Crippen LogP contribution is -2.96. The van der Waals surface area contributed by atoms with Crippen LogP contribution in [0.15, 0.2) is 65.7 Å². The summed E-state index contributed by atoms with van der Waals surface area (Å²) < 4.78 is 0. The van der Waals surface area contributed by atoms with Crippen molar-refractivity contribution in [3.63, 3.8) is 0 Å². The molecule has 2 heteroatoms. The molecule has 19 heavy (non-hydrogen) atoms. The summed E-state index contributed by atoms with van der Waals surface area (Å²) in [6.07, 6.45) is 0. The highest BCUT2D eigenvalue weighted by Gasteiger charge is 2.59. The third-order valence-corrected chi connectivity index (χ3v) is 4.23. The summed E-state index contributed by atoms with van der Waals surface area (Å²) in [6.45, 7) is 2.12. The van der Waals surface area contributed by atoms with E-state index in [1.807, 2.05) is 0 Å². The summed E-state index contributed by atoms with van der Waals surface area (Å²) in [5.41, 5.74) is 4.05. The normalized spacial score (nSPS) is 28.4. The lowest BCUT2D eigenvalue weighted by atomic mass is 10.0. The largest absolute Gasteiger partial charge is 0.309 e. The number of nitrogens with one attached hydrogen (secondary N) is 1. The van der Waals surface area contributed by atoms with Gasteiger partial charge in [-0.3, -0.25) is 4.99 Å². The van der Waals surface area contributed by atoms with Crippen molar-refractivity contribution < 1.29 is 4.90 Å². The summed E-state index contributed by atoms with van der Waals surface area (Å²) in [5.74, 6) is 0. The van der Waals surface area contributed by atoms with E-state index in [1.165, 1.54) is 23.4 Å². The Balaban J connectivity index is 1.67. The number of nitrogens with zero attached hydrogens (tertiary/aromatic N) is 1. The monoisotopic (exact) mass is 249 g/mol. The number of rotatable bonds is 2. The molecule has 1 unspecified atom stereocenters. The average molecular weight is 249 g/mol. The maximum atomic E-state index is 4.79. The molecule has 1 fully saturated rings. The second kappa shape index (κ2) is 4.32. The van der Waals surface area contributed by atoms with Crippen molar-refractivity contribution >= 4 is 5.71 Å². The van der Waals surface area contributed by atoms with E-state index in [4.69, 9.17) is 4.99 Å². The van der Waals surface area contributed by atoms with Gasteiger partial charge >= 0.3 is 0 Å². The molecule has 0 bridgehead atoms. The van der Waals surface area contributed by atoms with Crippen LogP contribution in [0.1, 0.15) is 17.2 Å². The van der Waals surface area contributed by atoms with Crippen molar-refractivity contribution in [3.05, 3.63) is 71.8 Å². The SMILES string of the molecule is c1ccc(C2=NCC[NH+]3[C@H](c4ccccc4)[C@H]23)cc1. The molecule has 1 saturated heterocycles. The van der Waals surface area contributed by atoms with Crippen molar-refractivity contribution in [1.82, 2.24) is 0 Å². The van der Waals surface area contributed by atoms with E-state index >= 15 is 0 Å². The van der Waals surface area contributed by atoms with Crippen LogP contribution < -0.4 is 4.90 Å². The van der Waals surface area contributed by atoms with Crippen LogP contribution in [-0.2, 0) is 0 Å². The fourth-order valence-corrected chi connectivity index (χ4v) is 3.31. The van der Waals surface area contributed by atoms with Crippen LogP contribution >= 0.6 is 0 Å². The molecule has 0 amide bonds. The van der Waals surface area contributed by atoms with Crippen LogP contribution in [0.2, 0.25) is 0 Å². The molecule has 2 aromatic rings. The summed E-state index contributed by atoms with van der Waals surface area (Å²) in [6, 6.07) is 22.7. The van der Waals surface area contributed by atoms with Gasteiger partial charge < -0.3 is 4.90 Å². The zero-order valence-electron chi connectivity index (χ0n) is 10.8. The van der Waals surface area contributed by atoms with Crippen LogP contribution in [0.3, 0.4) is 0 Å². The maximum Gasteiger partial charge on any atom is 0.188 e. The minimum Gasteiger partial charge on any atom is -0.309 e. The van der Waals surface area contributed by atoms with Gasteiger partial charge in [0.2, 0.25) is 0 Å². The van der Waals surface area contributed by atoms with Gasteiger partial charge in [0, 0.05) is 11.1 Å². The standard InChI is InChI=1S/C17H16N2/c1-3-7-13(8-4-1)15-17-16(19(17)12-11-18-15)14-9-5-2-6-10-14/h1-10,16-17H,11-12H2/p+1/t16-,17+,19?/m1/s1. The lowest BCUT2D eigenvalue weighted by molar-refractivity contribution is -0.785. The fourth-order valence-electron chi connectivity index (χ4n) is 3.31. The second-order valence-corrected chi connectivity index (χ2v) is 5.32. The van der Waals surface area contributed by atoms with E-state index in [0.717, 1.165) is 6.54 Å². The van der Waals surface area contributed by atoms with Crippen LogP contribution in [0.5, 0.6) is 0 Å². The first-order valence-electron chi connectivity index (χ1n) is 6.95. The van der Waals surface area contributed by atoms with Crippen molar-refractivity contribution in [3.8, 4) is 0 Å². The molecule has 2 heterocycles. The van der Waals surface area contributed by atoms with Crippen molar-refractivity contribution in [2.24, 2.45) is 4.99 Å². The second-order valence-electron chi connectivity index (χ2n) is 5.32. The summed E-state index contributed by atoms with van der Waals surface area (Å²) >= 11 is 0. The first-order chi connectivity index (χ1) is 9.45. The van der Waals surface area contributed by atoms with Crippen LogP contribution in [0, 0.1) is 0 Å². The number of hydrogen-bond donors (Lipinski definition) is 1. The van der Waals surface area contributed by atoms with Crippen LogP contribution in [0.25, 0.3) is 0 Å². The molecule has 0 spiro atoms. The maximum absolute atomic E-state index is 4.79. The van der Waals surface area contributed by atoms with Crippen molar-refractivity contribution in [2.45, 2.75) is 12.1 Å². The van der Waals surface area contributed by atoms with Gasteiger partial charge in [-0.05, 0) is 0 Å². The zero-order valence-corrected chi connectivity index (χ0v) is 10.8. The Morgan fingerprint density at radius 3 is 2.26 bits per heavy atom. The van der Waals surface area contributed by atoms with E-state index in [1.54, 1.807) is 4.90 Å². The Labute approximate surface area is 113 Å². The van der Waals surface area contributed by atoms with Gasteiger partial charge in [0.1, 0.15) is 5.71 Å². The molecule has 3 atom stereocenters. The highest BCUT2D eigenvalue weighted by atomic mass is 15.4. The van der Waals surface area contributed by atoms with E-state index in [-0.39, 0.29) is 0 Å². The Kier molecular flexibility index (Phi) is 2.49. The smallest absolute Gasteiger partial charge is 0.188 e. The Morgan fingerprint density at radius 2 is 1.53 bits per heavy atom. The summed E-state index contributed by atoms with van der Waals surface area (Å²) in [4.78, 5) is 6.47. The minimum absolute atomic E-state index is 0.568.